The summed E-state index contributed by atoms with van der Waals surface area (Å²) < 4.78 is 37.0. The smallest absolute Gasteiger partial charge is 0.0703 e. The van der Waals surface area contributed by atoms with E-state index in [0.717, 1.165) is 0 Å². The Kier molecular flexibility index (Phi) is 19.5. The summed E-state index contributed by atoms with van der Waals surface area (Å²) in [5.41, 5.74) is 0. The van der Waals surface area contributed by atoms with Crippen molar-refractivity contribution in [2.45, 2.75) is 20.0 Å². The van der Waals surface area contributed by atoms with Gasteiger partial charge in [-0.05, 0) is 13.8 Å². The SMILES string of the molecule is COCCOCCOCCOCCOCCOCCOC(C)C. The fourth-order valence-electron chi connectivity index (χ4n) is 1.47. The highest BCUT2D eigenvalue weighted by molar-refractivity contribution is 4.38. The molecule has 7 heteroatoms. The summed E-state index contributed by atoms with van der Waals surface area (Å²) in [5.74, 6) is 0. The van der Waals surface area contributed by atoms with Gasteiger partial charge in [-0.25, -0.2) is 0 Å². The van der Waals surface area contributed by atoms with Crippen LogP contribution in [0.15, 0.2) is 0 Å². The van der Waals surface area contributed by atoms with Crippen molar-refractivity contribution in [3.63, 3.8) is 0 Å². The Morgan fingerprint density at radius 2 is 0.783 bits per heavy atom. The van der Waals surface area contributed by atoms with Gasteiger partial charge in [0.05, 0.1) is 85.4 Å². The number of hydrogen-bond acceptors (Lipinski definition) is 7. The zero-order valence-corrected chi connectivity index (χ0v) is 14.9. The standard InChI is InChI=1S/C16H34O7/c1-16(2)23-15-14-22-13-12-21-11-10-20-9-8-19-7-6-18-5-4-17-3/h16H,4-15H2,1-3H3. The maximum Gasteiger partial charge on any atom is 0.0703 e. The molecule has 0 saturated carbocycles. The van der Waals surface area contributed by atoms with Gasteiger partial charge < -0.3 is 33.2 Å². The Morgan fingerprint density at radius 3 is 1.09 bits per heavy atom. The predicted molar refractivity (Wildman–Crippen MR) is 87.1 cm³/mol. The highest BCUT2D eigenvalue weighted by Crippen LogP contribution is 1.88. The summed E-state index contributed by atoms with van der Waals surface area (Å²) in [5, 5.41) is 0. The summed E-state index contributed by atoms with van der Waals surface area (Å²) in [4.78, 5) is 0. The molecule has 0 rings (SSSR count). The van der Waals surface area contributed by atoms with E-state index in [9.17, 15) is 0 Å². The molecule has 140 valence electrons. The topological polar surface area (TPSA) is 64.6 Å². The summed E-state index contributed by atoms with van der Waals surface area (Å²) in [6.07, 6.45) is 0.249. The second-order valence-corrected chi connectivity index (χ2v) is 4.97. The van der Waals surface area contributed by atoms with Crippen LogP contribution in [0.5, 0.6) is 0 Å². The van der Waals surface area contributed by atoms with Crippen molar-refractivity contribution in [1.82, 2.24) is 0 Å². The summed E-state index contributed by atoms with van der Waals surface area (Å²) in [7, 11) is 1.65. The first-order valence-corrected chi connectivity index (χ1v) is 8.26. The minimum absolute atomic E-state index is 0.249. The molecule has 0 radical (unpaired) electrons. The van der Waals surface area contributed by atoms with E-state index >= 15 is 0 Å². The minimum Gasteiger partial charge on any atom is -0.382 e. The van der Waals surface area contributed by atoms with Crippen LogP contribution in [-0.2, 0) is 33.2 Å². The lowest BCUT2D eigenvalue weighted by molar-refractivity contribution is -0.0228. The maximum atomic E-state index is 5.38. The second-order valence-electron chi connectivity index (χ2n) is 4.97. The first-order chi connectivity index (χ1) is 11.3. The van der Waals surface area contributed by atoms with E-state index < -0.39 is 0 Å². The molecule has 0 spiro atoms. The number of hydrogen-bond donors (Lipinski definition) is 0. The molecule has 0 amide bonds. The third-order valence-corrected chi connectivity index (χ3v) is 2.60. The molecular formula is C16H34O7. The van der Waals surface area contributed by atoms with E-state index in [1.54, 1.807) is 7.11 Å². The largest absolute Gasteiger partial charge is 0.382 e. The highest BCUT2D eigenvalue weighted by atomic mass is 16.6. The van der Waals surface area contributed by atoms with Gasteiger partial charge in [-0.1, -0.05) is 0 Å². The van der Waals surface area contributed by atoms with Crippen LogP contribution < -0.4 is 0 Å². The van der Waals surface area contributed by atoms with E-state index in [1.807, 2.05) is 13.8 Å². The minimum atomic E-state index is 0.249. The number of rotatable bonds is 19. The van der Waals surface area contributed by atoms with Gasteiger partial charge in [0, 0.05) is 7.11 Å². The van der Waals surface area contributed by atoms with Crippen LogP contribution in [0.25, 0.3) is 0 Å². The molecule has 0 saturated heterocycles. The van der Waals surface area contributed by atoms with Gasteiger partial charge in [0.15, 0.2) is 0 Å². The third-order valence-electron chi connectivity index (χ3n) is 2.60. The van der Waals surface area contributed by atoms with Crippen LogP contribution in [0.3, 0.4) is 0 Å². The summed E-state index contributed by atoms with van der Waals surface area (Å²) in [6, 6.07) is 0. The predicted octanol–water partition coefficient (Wildman–Crippen LogP) is 1.14. The Labute approximate surface area is 140 Å². The third kappa shape index (κ3) is 21.7. The van der Waals surface area contributed by atoms with E-state index in [4.69, 9.17) is 33.2 Å². The van der Waals surface area contributed by atoms with Crippen LogP contribution in [-0.4, -0.2) is 92.5 Å². The fraction of sp³-hybridized carbons (Fsp3) is 1.00. The average Bonchev–Trinajstić information content (AvgIpc) is 2.53. The molecule has 0 aromatic heterocycles. The zero-order valence-electron chi connectivity index (χ0n) is 14.9. The van der Waals surface area contributed by atoms with Crippen molar-refractivity contribution in [3.05, 3.63) is 0 Å². The Morgan fingerprint density at radius 1 is 0.478 bits per heavy atom. The molecule has 23 heavy (non-hydrogen) atoms. The van der Waals surface area contributed by atoms with E-state index in [2.05, 4.69) is 0 Å². The lowest BCUT2D eigenvalue weighted by atomic mass is 10.5. The van der Waals surface area contributed by atoms with Gasteiger partial charge in [-0.2, -0.15) is 0 Å². The fourth-order valence-corrected chi connectivity index (χ4v) is 1.47. The Bertz CT molecular complexity index is 215. The van der Waals surface area contributed by atoms with E-state index in [-0.39, 0.29) is 6.10 Å². The second kappa shape index (κ2) is 19.8. The van der Waals surface area contributed by atoms with E-state index in [1.165, 1.54) is 0 Å². The lowest BCUT2D eigenvalue weighted by Crippen LogP contribution is -2.15. The first-order valence-electron chi connectivity index (χ1n) is 8.26. The van der Waals surface area contributed by atoms with Gasteiger partial charge in [-0.3, -0.25) is 0 Å². The van der Waals surface area contributed by atoms with Crippen molar-refractivity contribution in [3.8, 4) is 0 Å². The molecule has 0 aromatic rings. The van der Waals surface area contributed by atoms with Crippen molar-refractivity contribution >= 4 is 0 Å². The molecule has 7 nitrogen and oxygen atoms in total. The highest BCUT2D eigenvalue weighted by Gasteiger charge is 1.95. The molecule has 0 aliphatic heterocycles. The number of ether oxygens (including phenoxy) is 7. The normalized spacial score (nSPS) is 11.5. The molecule has 0 heterocycles. The van der Waals surface area contributed by atoms with E-state index in [0.29, 0.717) is 79.3 Å². The van der Waals surface area contributed by atoms with Crippen LogP contribution in [0.2, 0.25) is 0 Å². The van der Waals surface area contributed by atoms with Crippen molar-refractivity contribution < 1.29 is 33.2 Å². The molecule has 0 fully saturated rings. The molecule has 0 aromatic carbocycles. The Balaban J connectivity index is 2.95. The molecule has 0 unspecified atom stereocenters. The molecule has 0 aliphatic rings. The molecule has 0 N–H and O–H groups in total. The van der Waals surface area contributed by atoms with Crippen molar-refractivity contribution in [1.29, 1.82) is 0 Å². The molecule has 0 atom stereocenters. The summed E-state index contributed by atoms with van der Waals surface area (Å²) in [6.45, 7) is 11.0. The lowest BCUT2D eigenvalue weighted by Gasteiger charge is -2.09. The van der Waals surface area contributed by atoms with Gasteiger partial charge >= 0.3 is 0 Å². The quantitative estimate of drug-likeness (QED) is 0.327. The summed E-state index contributed by atoms with van der Waals surface area (Å²) >= 11 is 0. The molecule has 0 bridgehead atoms. The number of methoxy groups -OCH3 is 1. The van der Waals surface area contributed by atoms with Crippen LogP contribution in [0.1, 0.15) is 13.8 Å². The first kappa shape index (κ1) is 22.7. The monoisotopic (exact) mass is 338 g/mol. The average molecular weight is 338 g/mol. The Hall–Kier alpha value is -0.280. The van der Waals surface area contributed by atoms with Crippen molar-refractivity contribution in [2.75, 3.05) is 86.4 Å². The maximum absolute atomic E-state index is 5.38. The van der Waals surface area contributed by atoms with Gasteiger partial charge in [0.25, 0.3) is 0 Å². The molecular weight excluding hydrogens is 304 g/mol. The van der Waals surface area contributed by atoms with Crippen LogP contribution >= 0.6 is 0 Å². The van der Waals surface area contributed by atoms with Gasteiger partial charge in [0.1, 0.15) is 0 Å². The van der Waals surface area contributed by atoms with Gasteiger partial charge in [0.2, 0.25) is 0 Å². The van der Waals surface area contributed by atoms with Crippen LogP contribution in [0.4, 0.5) is 0 Å². The van der Waals surface area contributed by atoms with Crippen molar-refractivity contribution in [2.24, 2.45) is 0 Å². The van der Waals surface area contributed by atoms with Gasteiger partial charge in [-0.15, -0.1) is 0 Å². The zero-order chi connectivity index (χ0) is 17.0. The molecule has 0 aliphatic carbocycles. The van der Waals surface area contributed by atoms with Crippen LogP contribution in [0, 0.1) is 0 Å².